The van der Waals surface area contributed by atoms with Crippen LogP contribution in [0.5, 0.6) is 5.75 Å². The van der Waals surface area contributed by atoms with E-state index in [1.165, 1.54) is 6.07 Å². The smallest absolute Gasteiger partial charge is 0.143 e. The monoisotopic (exact) mass is 398 g/mol. The topological polar surface area (TPSA) is 62.9 Å². The second kappa shape index (κ2) is 9.88. The quantitative estimate of drug-likeness (QED) is 0.544. The first-order chi connectivity index (χ1) is 13.7. The van der Waals surface area contributed by atoms with Crippen LogP contribution in [0, 0.1) is 17.1 Å². The highest BCUT2D eigenvalue weighted by atomic mass is 35.5. The van der Waals surface area contributed by atoms with E-state index in [-0.39, 0.29) is 22.4 Å². The number of hydrogen-bond donors (Lipinski definition) is 1. The summed E-state index contributed by atoms with van der Waals surface area (Å²) in [6, 6.07) is 14.1. The number of hydrogen-bond acceptors (Lipinski definition) is 4. The maximum Gasteiger partial charge on any atom is 0.143 e. The second-order valence-corrected chi connectivity index (χ2v) is 6.64. The Balaban J connectivity index is 1.66. The molecule has 0 saturated heterocycles. The standard InChI is InChI=1S/C21H20ClFN4O/c22-18-13-21(17(14-24)12-19(18)23)28-20(16-4-2-1-3-5-16)6-7-25-8-10-27-11-9-26-15-27/h1-5,9,11-13,15,20,25H,6-8,10H2/t20-/m1/s1. The van der Waals surface area contributed by atoms with Crippen molar-refractivity contribution >= 4 is 11.6 Å². The third-order valence-electron chi connectivity index (χ3n) is 4.27. The molecule has 28 heavy (non-hydrogen) atoms. The predicted molar refractivity (Wildman–Crippen MR) is 106 cm³/mol. The number of benzene rings is 2. The molecule has 0 saturated carbocycles. The van der Waals surface area contributed by atoms with Crippen molar-refractivity contribution in [2.45, 2.75) is 19.1 Å². The summed E-state index contributed by atoms with van der Waals surface area (Å²) < 4.78 is 21.7. The van der Waals surface area contributed by atoms with Crippen LogP contribution < -0.4 is 10.1 Å². The van der Waals surface area contributed by atoms with Crippen LogP contribution in [0.4, 0.5) is 4.39 Å². The normalized spacial score (nSPS) is 11.8. The molecule has 7 heteroatoms. The number of nitrogens with one attached hydrogen (secondary N) is 1. The number of aromatic nitrogens is 2. The Morgan fingerprint density at radius 2 is 2.07 bits per heavy atom. The predicted octanol–water partition coefficient (Wildman–Crippen LogP) is 4.35. The zero-order valence-corrected chi connectivity index (χ0v) is 15.9. The van der Waals surface area contributed by atoms with Crippen LogP contribution in [-0.4, -0.2) is 22.6 Å². The Morgan fingerprint density at radius 1 is 1.25 bits per heavy atom. The number of imidazole rings is 1. The number of nitriles is 1. The van der Waals surface area contributed by atoms with Crippen molar-refractivity contribution in [3.63, 3.8) is 0 Å². The first-order valence-corrected chi connectivity index (χ1v) is 9.32. The molecule has 0 aliphatic heterocycles. The molecule has 2 aromatic carbocycles. The molecule has 0 unspecified atom stereocenters. The average Bonchev–Trinajstić information content (AvgIpc) is 3.23. The molecule has 1 heterocycles. The third kappa shape index (κ3) is 5.32. The van der Waals surface area contributed by atoms with Gasteiger partial charge in [0, 0.05) is 38.0 Å². The van der Waals surface area contributed by atoms with Crippen LogP contribution in [0.25, 0.3) is 0 Å². The molecule has 0 aliphatic carbocycles. The Bertz CT molecular complexity index is 926. The molecule has 0 bridgehead atoms. The third-order valence-corrected chi connectivity index (χ3v) is 4.56. The average molecular weight is 399 g/mol. The van der Waals surface area contributed by atoms with Gasteiger partial charge in [0.25, 0.3) is 0 Å². The lowest BCUT2D eigenvalue weighted by Crippen LogP contribution is -2.23. The molecular weight excluding hydrogens is 379 g/mol. The molecule has 1 atom stereocenters. The van der Waals surface area contributed by atoms with E-state index in [0.717, 1.165) is 24.7 Å². The number of nitrogens with zero attached hydrogens (tertiary/aromatic N) is 3. The number of rotatable bonds is 9. The zero-order valence-electron chi connectivity index (χ0n) is 15.2. The largest absolute Gasteiger partial charge is 0.484 e. The van der Waals surface area contributed by atoms with Gasteiger partial charge < -0.3 is 14.6 Å². The second-order valence-electron chi connectivity index (χ2n) is 6.23. The molecule has 144 valence electrons. The highest BCUT2D eigenvalue weighted by Crippen LogP contribution is 2.31. The van der Waals surface area contributed by atoms with Gasteiger partial charge in [-0.25, -0.2) is 9.37 Å². The number of halogens is 2. The van der Waals surface area contributed by atoms with Gasteiger partial charge in [-0.1, -0.05) is 41.9 Å². The first-order valence-electron chi connectivity index (χ1n) is 8.94. The van der Waals surface area contributed by atoms with Gasteiger partial charge in [0.05, 0.1) is 16.9 Å². The summed E-state index contributed by atoms with van der Waals surface area (Å²) in [5.41, 5.74) is 1.10. The van der Waals surface area contributed by atoms with E-state index >= 15 is 0 Å². The fourth-order valence-corrected chi connectivity index (χ4v) is 2.97. The molecule has 1 N–H and O–H groups in total. The summed E-state index contributed by atoms with van der Waals surface area (Å²) in [6.45, 7) is 2.33. The van der Waals surface area contributed by atoms with E-state index in [9.17, 15) is 9.65 Å². The van der Waals surface area contributed by atoms with Crippen LogP contribution in [0.2, 0.25) is 5.02 Å². The summed E-state index contributed by atoms with van der Waals surface area (Å²) in [5, 5.41) is 12.6. The Kier molecular flexibility index (Phi) is 7.01. The Morgan fingerprint density at radius 3 is 2.79 bits per heavy atom. The summed E-state index contributed by atoms with van der Waals surface area (Å²) in [5.74, 6) is -0.357. The lowest BCUT2D eigenvalue weighted by atomic mass is 10.1. The molecule has 3 aromatic rings. The molecule has 5 nitrogen and oxygen atoms in total. The van der Waals surface area contributed by atoms with E-state index in [4.69, 9.17) is 16.3 Å². The summed E-state index contributed by atoms with van der Waals surface area (Å²) in [7, 11) is 0. The van der Waals surface area contributed by atoms with Gasteiger partial charge in [0.15, 0.2) is 0 Å². The fourth-order valence-electron chi connectivity index (χ4n) is 2.81. The van der Waals surface area contributed by atoms with E-state index in [1.54, 1.807) is 12.5 Å². The van der Waals surface area contributed by atoms with E-state index in [1.807, 2.05) is 47.2 Å². The Labute approximate surface area is 168 Å². The zero-order chi connectivity index (χ0) is 19.8. The van der Waals surface area contributed by atoms with Gasteiger partial charge in [0.2, 0.25) is 0 Å². The minimum Gasteiger partial charge on any atom is -0.484 e. The summed E-state index contributed by atoms with van der Waals surface area (Å²) in [4.78, 5) is 4.02. The van der Waals surface area contributed by atoms with E-state index in [2.05, 4.69) is 10.3 Å². The summed E-state index contributed by atoms with van der Waals surface area (Å²) >= 11 is 5.88. The van der Waals surface area contributed by atoms with Crippen LogP contribution in [-0.2, 0) is 6.54 Å². The van der Waals surface area contributed by atoms with Gasteiger partial charge >= 0.3 is 0 Å². The minimum absolute atomic E-state index is 0.0701. The molecule has 1 aromatic heterocycles. The maximum absolute atomic E-state index is 13.7. The molecule has 0 amide bonds. The molecule has 0 fully saturated rings. The fraction of sp³-hybridized carbons (Fsp3) is 0.238. The van der Waals surface area contributed by atoms with Crippen molar-refractivity contribution in [2.24, 2.45) is 0 Å². The highest BCUT2D eigenvalue weighted by Gasteiger charge is 2.17. The van der Waals surface area contributed by atoms with Gasteiger partial charge in [0.1, 0.15) is 23.7 Å². The van der Waals surface area contributed by atoms with Crippen LogP contribution in [0.3, 0.4) is 0 Å². The van der Waals surface area contributed by atoms with Gasteiger partial charge in [-0.2, -0.15) is 5.26 Å². The van der Waals surface area contributed by atoms with E-state index in [0.29, 0.717) is 13.0 Å². The molecule has 3 rings (SSSR count). The lowest BCUT2D eigenvalue weighted by molar-refractivity contribution is 0.193. The molecule has 0 aliphatic rings. The van der Waals surface area contributed by atoms with Crippen LogP contribution >= 0.6 is 11.6 Å². The first kappa shape index (κ1) is 19.9. The van der Waals surface area contributed by atoms with Crippen LogP contribution in [0.1, 0.15) is 23.7 Å². The molecular formula is C21H20ClFN4O. The van der Waals surface area contributed by atoms with E-state index < -0.39 is 5.82 Å². The van der Waals surface area contributed by atoms with Crippen molar-refractivity contribution in [3.05, 3.63) is 83.2 Å². The lowest BCUT2D eigenvalue weighted by Gasteiger charge is -2.21. The SMILES string of the molecule is N#Cc1cc(F)c(Cl)cc1O[C@H](CCNCCn1ccnc1)c1ccccc1. The maximum atomic E-state index is 13.7. The molecule has 0 radical (unpaired) electrons. The Hall–Kier alpha value is -2.88. The van der Waals surface area contributed by atoms with Crippen LogP contribution in [0.15, 0.2) is 61.2 Å². The van der Waals surface area contributed by atoms with Gasteiger partial charge in [-0.05, 0) is 18.2 Å². The highest BCUT2D eigenvalue weighted by molar-refractivity contribution is 6.30. The summed E-state index contributed by atoms with van der Waals surface area (Å²) in [6.07, 6.45) is 5.82. The van der Waals surface area contributed by atoms with Crippen molar-refractivity contribution in [1.29, 1.82) is 5.26 Å². The molecule has 0 spiro atoms. The van der Waals surface area contributed by atoms with Crippen molar-refractivity contribution in [1.82, 2.24) is 14.9 Å². The van der Waals surface area contributed by atoms with Gasteiger partial charge in [-0.3, -0.25) is 0 Å². The minimum atomic E-state index is -0.636. The number of ether oxygens (including phenoxy) is 1. The van der Waals surface area contributed by atoms with Crippen molar-refractivity contribution < 1.29 is 9.13 Å². The van der Waals surface area contributed by atoms with Crippen molar-refractivity contribution in [2.75, 3.05) is 13.1 Å². The van der Waals surface area contributed by atoms with Gasteiger partial charge in [-0.15, -0.1) is 0 Å². The van der Waals surface area contributed by atoms with Crippen molar-refractivity contribution in [3.8, 4) is 11.8 Å².